The number of ketones is 3. The van der Waals surface area contributed by atoms with Crippen molar-refractivity contribution in [3.05, 3.63) is 471 Å². The summed E-state index contributed by atoms with van der Waals surface area (Å²) in [5, 5.41) is 17.0. The van der Waals surface area contributed by atoms with Gasteiger partial charge in [0.1, 0.15) is 29.6 Å². The highest BCUT2D eigenvalue weighted by molar-refractivity contribution is 9.11. The number of hydrogen-bond donors (Lipinski definition) is 2. The molecule has 0 fully saturated rings. The van der Waals surface area contributed by atoms with Gasteiger partial charge in [-0.2, -0.15) is 4.57 Å². The minimum atomic E-state index is -1.97. The molecule has 3 aromatic heterocycles. The van der Waals surface area contributed by atoms with Crippen molar-refractivity contribution in [2.24, 2.45) is 0 Å². The summed E-state index contributed by atoms with van der Waals surface area (Å²) in [6, 6.07) is 120. The molecule has 0 bridgehead atoms. The van der Waals surface area contributed by atoms with Gasteiger partial charge in [-0.1, -0.05) is 327 Å². The second-order valence-corrected chi connectivity index (χ2v) is 28.8. The van der Waals surface area contributed by atoms with E-state index < -0.39 is 35.9 Å². The summed E-state index contributed by atoms with van der Waals surface area (Å²) in [6.45, 7) is 1.96. The molecule has 0 amide bonds. The number of carbonyl (C=O) groups is 4. The Morgan fingerprint density at radius 1 is 0.361 bits per heavy atom. The highest BCUT2D eigenvalue weighted by atomic mass is 79.9. The molecule has 9 nitrogen and oxygen atoms in total. The lowest BCUT2D eigenvalue weighted by atomic mass is 9.80. The molecule has 16 aromatic rings. The Balaban J connectivity index is 0.000000166. The zero-order valence-corrected chi connectivity index (χ0v) is 70.4. The van der Waals surface area contributed by atoms with E-state index in [2.05, 4.69) is 102 Å². The molecule has 0 aliphatic heterocycles. The first-order chi connectivity index (χ1) is 57.3. The fourth-order valence-corrected chi connectivity index (χ4v) is 12.8. The first kappa shape index (κ1) is 90.3. The zero-order valence-electron chi connectivity index (χ0n) is 64.0. The van der Waals surface area contributed by atoms with Crippen LogP contribution in [-0.2, 0) is 6.54 Å². The van der Waals surface area contributed by atoms with E-state index in [1.165, 1.54) is 11.6 Å². The van der Waals surface area contributed by atoms with Gasteiger partial charge < -0.3 is 27.0 Å². The Hall–Kier alpha value is -12.6. The van der Waals surface area contributed by atoms with Crippen LogP contribution in [0.1, 0.15) is 53.9 Å². The van der Waals surface area contributed by atoms with Gasteiger partial charge in [-0.25, -0.2) is 27.5 Å². The van der Waals surface area contributed by atoms with E-state index in [0.29, 0.717) is 23.2 Å². The van der Waals surface area contributed by atoms with Crippen LogP contribution in [0, 0.1) is 23.3 Å². The average Bonchev–Trinajstić information content (AvgIpc) is 0.751. The van der Waals surface area contributed by atoms with Crippen molar-refractivity contribution in [2.45, 2.75) is 13.5 Å². The normalized spacial score (nSPS) is 10.2. The van der Waals surface area contributed by atoms with Crippen LogP contribution >= 0.6 is 47.8 Å². The quantitative estimate of drug-likeness (QED) is 0.0244. The maximum Gasteiger partial charge on any atom is 0.491 e. The van der Waals surface area contributed by atoms with E-state index in [1.807, 2.05) is 302 Å². The van der Waals surface area contributed by atoms with Crippen LogP contribution in [0.4, 0.5) is 17.6 Å². The second-order valence-electron chi connectivity index (χ2n) is 26.0. The number of aldehydes is 1. The van der Waals surface area contributed by atoms with Crippen LogP contribution in [0.25, 0.3) is 84.5 Å². The Labute approximate surface area is 725 Å². The Morgan fingerprint density at radius 3 is 1.13 bits per heavy atom. The van der Waals surface area contributed by atoms with Gasteiger partial charge in [-0.05, 0) is 150 Å². The summed E-state index contributed by atoms with van der Waals surface area (Å²) < 4.78 is 57.9. The van der Waals surface area contributed by atoms with Crippen molar-refractivity contribution in [2.75, 3.05) is 0 Å². The van der Waals surface area contributed by atoms with Crippen LogP contribution in [0.2, 0.25) is 0 Å². The number of rotatable bonds is 16. The number of carbonyl (C=O) groups excluding carboxylic acids is 4. The number of pyridine rings is 3. The van der Waals surface area contributed by atoms with Crippen molar-refractivity contribution in [1.29, 1.82) is 0 Å². The number of nitrogens with zero attached hydrogens (tertiary/aromatic N) is 3. The highest BCUT2D eigenvalue weighted by Crippen LogP contribution is 2.35. The lowest BCUT2D eigenvalue weighted by molar-refractivity contribution is -0.683. The molecule has 119 heavy (non-hydrogen) atoms. The number of benzene rings is 13. The average molecular weight is 1830 g/mol. The van der Waals surface area contributed by atoms with Crippen LogP contribution < -0.4 is 27.0 Å². The molecule has 0 atom stereocenters. The Morgan fingerprint density at radius 2 is 0.723 bits per heavy atom. The van der Waals surface area contributed by atoms with Gasteiger partial charge in [0.25, 0.3) is 0 Å². The second kappa shape index (κ2) is 47.5. The first-order valence-corrected chi connectivity index (χ1v) is 39.4. The molecule has 590 valence electrons. The summed E-state index contributed by atoms with van der Waals surface area (Å²) in [4.78, 5) is 54.2. The number of Topliss-reactive ketones (excluding diaryl/α,β-unsaturated/α-hetero) is 2. The summed E-state index contributed by atoms with van der Waals surface area (Å²) in [5.41, 5.74) is 16.5. The number of aromatic nitrogens is 3. The van der Waals surface area contributed by atoms with Gasteiger partial charge >= 0.3 is 7.12 Å². The summed E-state index contributed by atoms with van der Waals surface area (Å²) in [6.07, 6.45) is 8.02. The van der Waals surface area contributed by atoms with Gasteiger partial charge in [0.2, 0.25) is 12.3 Å². The fraction of sp³-hybridized carbons (Fsp3) is 0.0198. The molecule has 2 N–H and O–H groups in total. The smallest absolute Gasteiger partial charge is 0.491 e. The van der Waals surface area contributed by atoms with Crippen LogP contribution in [-0.4, -0.2) is 50.8 Å². The van der Waals surface area contributed by atoms with Gasteiger partial charge in [0.05, 0.1) is 22.8 Å². The van der Waals surface area contributed by atoms with Crippen molar-refractivity contribution in [1.82, 2.24) is 9.97 Å². The van der Waals surface area contributed by atoms with E-state index in [1.54, 1.807) is 31.2 Å². The molecular formula is C101H76BBr4F4N3O6. The molecule has 0 saturated heterocycles. The zero-order chi connectivity index (χ0) is 83.4. The third kappa shape index (κ3) is 29.2. The predicted octanol–water partition coefficient (Wildman–Crippen LogP) is 21.9. The van der Waals surface area contributed by atoms with Gasteiger partial charge in [-0.15, -0.1) is 0 Å². The van der Waals surface area contributed by atoms with E-state index in [-0.39, 0.29) is 39.9 Å². The first-order valence-electron chi connectivity index (χ1n) is 37.0. The minimum absolute atomic E-state index is 0. The van der Waals surface area contributed by atoms with Crippen molar-refractivity contribution in [3.8, 4) is 78.4 Å². The van der Waals surface area contributed by atoms with E-state index in [0.717, 1.165) is 128 Å². The molecule has 18 heteroatoms. The molecular weight excluding hydrogens is 1760 g/mol. The van der Waals surface area contributed by atoms with Crippen molar-refractivity contribution >= 4 is 90.1 Å². The van der Waals surface area contributed by atoms with Crippen molar-refractivity contribution < 1.29 is 68.3 Å². The molecule has 0 aliphatic carbocycles. The van der Waals surface area contributed by atoms with Crippen LogP contribution in [0.15, 0.2) is 420 Å². The number of halogens is 8. The standard InChI is InChI=1S/C29H19F2N.C23H16BrN.C15H11BrO.C13H12NO.C8H8O.C7H5BrO.C6H5BF2O2.BrH/c30-25-14-15-27(31)26(19-25)23-13-7-12-22(16-23)24-17-28(20-8-3-1-4-9-20)32-29(18-24)21-10-5-2-6-11-21;24-21-13-7-12-19(14-21)20-15-22(17-8-3-1-4-9-17)25-23(16-20)18-10-5-2-6-11-18;16-14-8-4-5-12(11-14)9-10-15(17)13-6-2-1-3-7-13;15-13(12-7-3-1-4-8-12)11-14-9-5-2-6-10-14;1-7(9)8-5-3-2-4-6-8;8-7-3-1-2-6(4-7)5-9;8-4-1-2-6(9)5(3-4)7(10)11;/h1-19H;1-16H;1-11H;1-10H,11H2;2-6H,1H3;1-5H;1-3,10-11H;1H/q;;;+1;;;;/p-1/b;;10-9+;;;;;. The predicted molar refractivity (Wildman–Crippen MR) is 478 cm³/mol. The van der Waals surface area contributed by atoms with Gasteiger partial charge in [0, 0.05) is 81.1 Å². The molecule has 0 aliphatic rings. The lowest BCUT2D eigenvalue weighted by Gasteiger charge is -2.12. The Bertz CT molecular complexity index is 5840. The summed E-state index contributed by atoms with van der Waals surface area (Å²) in [5.74, 6) is -2.18. The van der Waals surface area contributed by atoms with Crippen LogP contribution in [0.5, 0.6) is 0 Å². The SMILES string of the molecule is Brc1cccc(-c2cc(-c3ccccc3)nc(-c3ccccc3)c2)c1.CC(=O)c1ccccc1.Fc1ccc(F)c(-c2cccc(-c3cc(-c4ccccc4)nc(-c4ccccc4)c3)c2)c1.O=C(/C=C/c1cccc(Br)c1)c1ccccc1.O=C(C[n+]1ccccc1)c1ccccc1.O=Cc1cccc(Br)c1.OB(O)c1cc(F)ccc1F.[Br-]. The molecule has 3 heterocycles. The highest BCUT2D eigenvalue weighted by Gasteiger charge is 2.18. The van der Waals surface area contributed by atoms with Crippen molar-refractivity contribution in [3.63, 3.8) is 0 Å². The maximum absolute atomic E-state index is 14.4. The maximum atomic E-state index is 14.4. The summed E-state index contributed by atoms with van der Waals surface area (Å²) in [7, 11) is -1.97. The van der Waals surface area contributed by atoms with E-state index >= 15 is 0 Å². The molecule has 16 rings (SSSR count). The van der Waals surface area contributed by atoms with Crippen LogP contribution in [0.3, 0.4) is 0 Å². The summed E-state index contributed by atoms with van der Waals surface area (Å²) >= 11 is 10.2. The molecule has 13 aromatic carbocycles. The lowest BCUT2D eigenvalue weighted by Crippen LogP contribution is -3.00. The van der Waals surface area contributed by atoms with E-state index in [9.17, 15) is 36.7 Å². The Kier molecular flexibility index (Phi) is 36.1. The fourth-order valence-electron chi connectivity index (χ4n) is 11.5. The van der Waals surface area contributed by atoms with Gasteiger partial charge in [-0.3, -0.25) is 19.2 Å². The largest absolute Gasteiger partial charge is 1.00 e. The third-order valence-electron chi connectivity index (χ3n) is 17.5. The molecule has 0 radical (unpaired) electrons. The minimum Gasteiger partial charge on any atom is -1.00 e. The molecule has 0 spiro atoms. The topological polar surface area (TPSA) is 138 Å². The van der Waals surface area contributed by atoms with Gasteiger partial charge in [0.15, 0.2) is 24.0 Å². The third-order valence-corrected chi connectivity index (χ3v) is 18.9. The monoisotopic (exact) mass is 1830 g/mol. The number of hydrogen-bond acceptors (Lipinski definition) is 8. The molecule has 0 unspecified atom stereocenters. The van der Waals surface area contributed by atoms with E-state index in [4.69, 9.17) is 20.0 Å². The number of allylic oxidation sites excluding steroid dienone is 1. The molecule has 0 saturated carbocycles.